The summed E-state index contributed by atoms with van der Waals surface area (Å²) in [6.45, 7) is 2.89. The molecule has 2 rings (SSSR count). The summed E-state index contributed by atoms with van der Waals surface area (Å²) < 4.78 is 5.52. The molecular weight excluding hydrogens is 286 g/mol. The third-order valence-corrected chi connectivity index (χ3v) is 3.27. The highest BCUT2D eigenvalue weighted by atomic mass is 35.5. The standard InChI is InChI=1S/C17H18ClNO2/c1-13-2-8-16(9-3-13)21-11-10-17(20)19-12-14-4-6-15(18)7-5-14/h2-9H,10-12H2,1H3,(H,19,20). The van der Waals surface area contributed by atoms with Gasteiger partial charge in [-0.25, -0.2) is 0 Å². The summed E-state index contributed by atoms with van der Waals surface area (Å²) in [5.41, 5.74) is 2.20. The molecule has 3 nitrogen and oxygen atoms in total. The number of aryl methyl sites for hydroxylation is 1. The molecule has 4 heteroatoms. The summed E-state index contributed by atoms with van der Waals surface area (Å²) in [6, 6.07) is 15.2. The van der Waals surface area contributed by atoms with Gasteiger partial charge in [-0.05, 0) is 36.8 Å². The van der Waals surface area contributed by atoms with Crippen LogP contribution in [0.5, 0.6) is 5.75 Å². The van der Waals surface area contributed by atoms with Gasteiger partial charge in [-0.15, -0.1) is 0 Å². The quantitative estimate of drug-likeness (QED) is 0.883. The molecule has 0 unspecified atom stereocenters. The first-order valence-electron chi connectivity index (χ1n) is 6.84. The number of carbonyl (C=O) groups is 1. The molecule has 2 aromatic carbocycles. The van der Waals surface area contributed by atoms with E-state index in [1.54, 1.807) is 0 Å². The molecule has 0 aliphatic heterocycles. The summed E-state index contributed by atoms with van der Waals surface area (Å²) in [6.07, 6.45) is 0.335. The maximum Gasteiger partial charge on any atom is 0.223 e. The zero-order chi connectivity index (χ0) is 15.1. The van der Waals surface area contributed by atoms with Crippen LogP contribution in [-0.4, -0.2) is 12.5 Å². The van der Waals surface area contributed by atoms with Crippen molar-refractivity contribution in [2.45, 2.75) is 19.9 Å². The lowest BCUT2D eigenvalue weighted by molar-refractivity contribution is -0.121. The molecule has 1 amide bonds. The van der Waals surface area contributed by atoms with Crippen LogP contribution < -0.4 is 10.1 Å². The predicted molar refractivity (Wildman–Crippen MR) is 84.6 cm³/mol. The maximum absolute atomic E-state index is 11.7. The first-order valence-corrected chi connectivity index (χ1v) is 7.22. The SMILES string of the molecule is Cc1ccc(OCCC(=O)NCc2ccc(Cl)cc2)cc1. The van der Waals surface area contributed by atoms with E-state index < -0.39 is 0 Å². The zero-order valence-electron chi connectivity index (χ0n) is 11.9. The van der Waals surface area contributed by atoms with Crippen LogP contribution in [0.1, 0.15) is 17.5 Å². The van der Waals surface area contributed by atoms with E-state index in [4.69, 9.17) is 16.3 Å². The van der Waals surface area contributed by atoms with Crippen molar-refractivity contribution < 1.29 is 9.53 Å². The minimum atomic E-state index is -0.0305. The number of hydrogen-bond acceptors (Lipinski definition) is 2. The molecule has 0 aliphatic carbocycles. The molecule has 1 N–H and O–H groups in total. The van der Waals surface area contributed by atoms with Crippen molar-refractivity contribution in [1.82, 2.24) is 5.32 Å². The van der Waals surface area contributed by atoms with Crippen LogP contribution in [0.25, 0.3) is 0 Å². The molecule has 0 aliphatic rings. The molecule has 21 heavy (non-hydrogen) atoms. The van der Waals surface area contributed by atoms with Gasteiger partial charge in [0, 0.05) is 11.6 Å². The van der Waals surface area contributed by atoms with Crippen molar-refractivity contribution in [3.63, 3.8) is 0 Å². The Morgan fingerprint density at radius 2 is 1.76 bits per heavy atom. The van der Waals surface area contributed by atoms with Crippen molar-refractivity contribution in [3.05, 3.63) is 64.7 Å². The monoisotopic (exact) mass is 303 g/mol. The number of amides is 1. The van der Waals surface area contributed by atoms with Crippen LogP contribution in [0.2, 0.25) is 5.02 Å². The van der Waals surface area contributed by atoms with Gasteiger partial charge >= 0.3 is 0 Å². The van der Waals surface area contributed by atoms with Crippen molar-refractivity contribution in [2.24, 2.45) is 0 Å². The average molecular weight is 304 g/mol. The molecule has 0 bridgehead atoms. The van der Waals surface area contributed by atoms with Gasteiger partial charge in [0.15, 0.2) is 0 Å². The Kier molecular flexibility index (Phi) is 5.64. The van der Waals surface area contributed by atoms with Crippen LogP contribution in [0.4, 0.5) is 0 Å². The fraction of sp³-hybridized carbons (Fsp3) is 0.235. The van der Waals surface area contributed by atoms with Gasteiger partial charge in [0.2, 0.25) is 5.91 Å². The number of carbonyl (C=O) groups excluding carboxylic acids is 1. The topological polar surface area (TPSA) is 38.3 Å². The number of rotatable bonds is 6. The Morgan fingerprint density at radius 3 is 2.43 bits per heavy atom. The van der Waals surface area contributed by atoms with E-state index in [9.17, 15) is 4.79 Å². The third kappa shape index (κ3) is 5.48. The van der Waals surface area contributed by atoms with Gasteiger partial charge in [-0.3, -0.25) is 4.79 Å². The maximum atomic E-state index is 11.7. The van der Waals surface area contributed by atoms with E-state index in [2.05, 4.69) is 5.32 Å². The molecule has 0 heterocycles. The summed E-state index contributed by atoms with van der Waals surface area (Å²) in [5, 5.41) is 3.54. The van der Waals surface area contributed by atoms with Crippen molar-refractivity contribution in [1.29, 1.82) is 0 Å². The Labute approximate surface area is 129 Å². The van der Waals surface area contributed by atoms with Crippen molar-refractivity contribution in [3.8, 4) is 5.75 Å². The lowest BCUT2D eigenvalue weighted by atomic mass is 10.2. The van der Waals surface area contributed by atoms with E-state index >= 15 is 0 Å². The number of hydrogen-bond donors (Lipinski definition) is 1. The first kappa shape index (κ1) is 15.4. The zero-order valence-corrected chi connectivity index (χ0v) is 12.7. The van der Waals surface area contributed by atoms with Gasteiger partial charge < -0.3 is 10.1 Å². The summed E-state index contributed by atoms with van der Waals surface area (Å²) in [7, 11) is 0. The fourth-order valence-corrected chi connectivity index (χ4v) is 1.91. The molecule has 0 aromatic heterocycles. The van der Waals surface area contributed by atoms with E-state index in [-0.39, 0.29) is 5.91 Å². The smallest absolute Gasteiger partial charge is 0.223 e. The molecule has 0 spiro atoms. The lowest BCUT2D eigenvalue weighted by Crippen LogP contribution is -2.24. The van der Waals surface area contributed by atoms with E-state index in [1.807, 2.05) is 55.5 Å². The van der Waals surface area contributed by atoms with Crippen LogP contribution >= 0.6 is 11.6 Å². The second kappa shape index (κ2) is 7.70. The average Bonchev–Trinajstić information content (AvgIpc) is 2.49. The van der Waals surface area contributed by atoms with Crippen molar-refractivity contribution >= 4 is 17.5 Å². The second-order valence-corrected chi connectivity index (χ2v) is 5.25. The normalized spacial score (nSPS) is 10.2. The molecule has 0 saturated heterocycles. The Bertz CT molecular complexity index is 579. The molecule has 0 radical (unpaired) electrons. The van der Waals surface area contributed by atoms with E-state index in [0.29, 0.717) is 24.6 Å². The largest absolute Gasteiger partial charge is 0.493 e. The van der Waals surface area contributed by atoms with Crippen LogP contribution in [0.3, 0.4) is 0 Å². The molecule has 0 atom stereocenters. The van der Waals surface area contributed by atoms with Crippen LogP contribution in [0.15, 0.2) is 48.5 Å². The van der Waals surface area contributed by atoms with Gasteiger partial charge in [0.05, 0.1) is 13.0 Å². The molecule has 0 saturated carbocycles. The fourth-order valence-electron chi connectivity index (χ4n) is 1.79. The van der Waals surface area contributed by atoms with E-state index in [1.165, 1.54) is 5.56 Å². The summed E-state index contributed by atoms with van der Waals surface area (Å²) in [5.74, 6) is 0.753. The van der Waals surface area contributed by atoms with Gasteiger partial charge in [-0.1, -0.05) is 41.4 Å². The highest BCUT2D eigenvalue weighted by Crippen LogP contribution is 2.11. The summed E-state index contributed by atoms with van der Waals surface area (Å²) >= 11 is 5.81. The second-order valence-electron chi connectivity index (χ2n) is 4.81. The summed E-state index contributed by atoms with van der Waals surface area (Å²) in [4.78, 5) is 11.7. The molecule has 2 aromatic rings. The first-order chi connectivity index (χ1) is 10.1. The van der Waals surface area contributed by atoms with E-state index in [0.717, 1.165) is 11.3 Å². The highest BCUT2D eigenvalue weighted by molar-refractivity contribution is 6.30. The van der Waals surface area contributed by atoms with Gasteiger partial charge in [-0.2, -0.15) is 0 Å². The Morgan fingerprint density at radius 1 is 1.10 bits per heavy atom. The Balaban J connectivity index is 1.67. The Hall–Kier alpha value is -2.00. The third-order valence-electron chi connectivity index (χ3n) is 3.02. The van der Waals surface area contributed by atoms with Crippen LogP contribution in [0, 0.1) is 6.92 Å². The van der Waals surface area contributed by atoms with Gasteiger partial charge in [0.1, 0.15) is 5.75 Å². The molecule has 0 fully saturated rings. The number of ether oxygens (including phenoxy) is 1. The number of benzene rings is 2. The predicted octanol–water partition coefficient (Wildman–Crippen LogP) is 3.73. The van der Waals surface area contributed by atoms with Crippen molar-refractivity contribution in [2.75, 3.05) is 6.61 Å². The van der Waals surface area contributed by atoms with Gasteiger partial charge in [0.25, 0.3) is 0 Å². The highest BCUT2D eigenvalue weighted by Gasteiger charge is 2.02. The minimum absolute atomic E-state index is 0.0305. The minimum Gasteiger partial charge on any atom is -0.493 e. The van der Waals surface area contributed by atoms with Crippen LogP contribution in [-0.2, 0) is 11.3 Å². The molecule has 110 valence electrons. The lowest BCUT2D eigenvalue weighted by Gasteiger charge is -2.08. The number of nitrogens with one attached hydrogen (secondary N) is 1. The molecular formula is C17H18ClNO2. The number of halogens is 1.